The minimum absolute atomic E-state index is 0.262. The van der Waals surface area contributed by atoms with Gasteiger partial charge in [0.05, 0.1) is 22.4 Å². The summed E-state index contributed by atoms with van der Waals surface area (Å²) in [5.41, 5.74) is 0.582. The Morgan fingerprint density at radius 2 is 1.95 bits per heavy atom. The molecular weight excluding hydrogens is 349 g/mol. The van der Waals surface area contributed by atoms with Crippen LogP contribution in [0.5, 0.6) is 5.75 Å². The van der Waals surface area contributed by atoms with Crippen molar-refractivity contribution in [3.63, 3.8) is 0 Å². The highest BCUT2D eigenvalue weighted by Crippen LogP contribution is 2.38. The molecule has 0 aliphatic carbocycles. The molecular formula is C13H19BrFNO3S. The number of nitrogens with one attached hydrogen (secondary N) is 1. The van der Waals surface area contributed by atoms with Gasteiger partial charge in [-0.1, -0.05) is 0 Å². The Labute approximate surface area is 127 Å². The smallest absolute Gasteiger partial charge is 0.154 e. The van der Waals surface area contributed by atoms with Gasteiger partial charge in [-0.25, -0.2) is 12.8 Å². The lowest BCUT2D eigenvalue weighted by atomic mass is 9.94. The zero-order chi connectivity index (χ0) is 15.7. The van der Waals surface area contributed by atoms with E-state index in [-0.39, 0.29) is 4.47 Å². The zero-order valence-electron chi connectivity index (χ0n) is 12.1. The quantitative estimate of drug-likeness (QED) is 0.868. The molecule has 0 bridgehead atoms. The van der Waals surface area contributed by atoms with Gasteiger partial charge in [0.2, 0.25) is 0 Å². The molecule has 1 atom stereocenters. The summed E-state index contributed by atoms with van der Waals surface area (Å²) >= 11 is 3.12. The van der Waals surface area contributed by atoms with E-state index >= 15 is 0 Å². The van der Waals surface area contributed by atoms with E-state index in [2.05, 4.69) is 21.2 Å². The Hall–Kier alpha value is -0.660. The number of methoxy groups -OCH3 is 1. The average molecular weight is 368 g/mol. The molecule has 0 amide bonds. The maximum atomic E-state index is 13.6. The number of hydrogen-bond donors (Lipinski definition) is 1. The summed E-state index contributed by atoms with van der Waals surface area (Å²) in [5, 5.41) is 2.98. The second kappa shape index (κ2) is 5.99. The van der Waals surface area contributed by atoms with Gasteiger partial charge in [-0.2, -0.15) is 0 Å². The van der Waals surface area contributed by atoms with Gasteiger partial charge in [-0.3, -0.25) is 0 Å². The Bertz CT molecular complexity index is 602. The fraction of sp³-hybridized carbons (Fsp3) is 0.538. The number of hydrogen-bond acceptors (Lipinski definition) is 4. The molecule has 0 saturated carbocycles. The van der Waals surface area contributed by atoms with Gasteiger partial charge in [0, 0.05) is 17.9 Å². The molecule has 1 unspecified atom stereocenters. The number of halogens is 2. The van der Waals surface area contributed by atoms with Crippen LogP contribution in [0.25, 0.3) is 0 Å². The van der Waals surface area contributed by atoms with E-state index < -0.39 is 26.4 Å². The topological polar surface area (TPSA) is 55.4 Å². The second-order valence-electron chi connectivity index (χ2n) is 5.11. The highest BCUT2D eigenvalue weighted by atomic mass is 79.9. The van der Waals surface area contributed by atoms with Crippen molar-refractivity contribution in [1.29, 1.82) is 0 Å². The Balaban J connectivity index is 3.51. The normalized spacial score (nSPS) is 14.2. The summed E-state index contributed by atoms with van der Waals surface area (Å²) in [6, 6.07) is 2.24. The molecule has 1 aromatic rings. The predicted octanol–water partition coefficient (Wildman–Crippen LogP) is 2.68. The van der Waals surface area contributed by atoms with Crippen molar-refractivity contribution in [2.75, 3.05) is 20.4 Å². The first kappa shape index (κ1) is 17.4. The van der Waals surface area contributed by atoms with E-state index in [0.717, 1.165) is 0 Å². The van der Waals surface area contributed by atoms with Crippen molar-refractivity contribution in [2.45, 2.75) is 24.6 Å². The lowest BCUT2D eigenvalue weighted by Gasteiger charge is -2.33. The zero-order valence-corrected chi connectivity index (χ0v) is 14.5. The lowest BCUT2D eigenvalue weighted by molar-refractivity contribution is 0.382. The van der Waals surface area contributed by atoms with Crippen LogP contribution in [0, 0.1) is 5.82 Å². The van der Waals surface area contributed by atoms with Gasteiger partial charge in [0.25, 0.3) is 0 Å². The second-order valence-corrected chi connectivity index (χ2v) is 8.56. The summed E-state index contributed by atoms with van der Waals surface area (Å²) < 4.78 is 42.0. The van der Waals surface area contributed by atoms with Crippen molar-refractivity contribution in [3.05, 3.63) is 28.0 Å². The maximum Gasteiger partial charge on any atom is 0.154 e. The number of benzene rings is 1. The van der Waals surface area contributed by atoms with Gasteiger partial charge >= 0.3 is 0 Å². The predicted molar refractivity (Wildman–Crippen MR) is 81.4 cm³/mol. The minimum atomic E-state index is -3.34. The summed E-state index contributed by atoms with van der Waals surface area (Å²) in [5.74, 6) is -0.153. The Morgan fingerprint density at radius 1 is 1.40 bits per heavy atom. The number of ether oxygens (including phenoxy) is 1. The van der Waals surface area contributed by atoms with Gasteiger partial charge in [-0.15, -0.1) is 0 Å². The molecule has 20 heavy (non-hydrogen) atoms. The van der Waals surface area contributed by atoms with Crippen LogP contribution in [0.15, 0.2) is 16.6 Å². The van der Waals surface area contributed by atoms with Crippen LogP contribution in [0.4, 0.5) is 4.39 Å². The van der Waals surface area contributed by atoms with Crippen molar-refractivity contribution in [3.8, 4) is 5.75 Å². The van der Waals surface area contributed by atoms with Crippen LogP contribution in [0.3, 0.4) is 0 Å². The summed E-state index contributed by atoms with van der Waals surface area (Å²) in [4.78, 5) is 0. The number of rotatable bonds is 5. The average Bonchev–Trinajstić information content (AvgIpc) is 2.32. The standard InChI is InChI=1S/C13H19BrFNO3S/c1-13(2,20(5,17)18)12(16-3)8-6-9(14)10(15)7-11(8)19-4/h6-7,12,16H,1-5H3. The molecule has 0 fully saturated rings. The van der Waals surface area contributed by atoms with Crippen molar-refractivity contribution in [2.24, 2.45) is 0 Å². The molecule has 1 N–H and O–H groups in total. The lowest BCUT2D eigenvalue weighted by Crippen LogP contribution is -2.44. The monoisotopic (exact) mass is 367 g/mol. The van der Waals surface area contributed by atoms with Crippen molar-refractivity contribution < 1.29 is 17.5 Å². The largest absolute Gasteiger partial charge is 0.496 e. The Morgan fingerprint density at radius 3 is 2.35 bits per heavy atom. The van der Waals surface area contributed by atoms with Gasteiger partial charge < -0.3 is 10.1 Å². The highest BCUT2D eigenvalue weighted by molar-refractivity contribution is 9.10. The third-order valence-electron chi connectivity index (χ3n) is 3.52. The van der Waals surface area contributed by atoms with Crippen LogP contribution < -0.4 is 10.1 Å². The van der Waals surface area contributed by atoms with Gasteiger partial charge in [-0.05, 0) is 42.9 Å². The molecule has 0 aromatic heterocycles. The molecule has 1 aromatic carbocycles. The molecule has 7 heteroatoms. The highest BCUT2D eigenvalue weighted by Gasteiger charge is 2.40. The molecule has 0 saturated heterocycles. The van der Waals surface area contributed by atoms with E-state index in [1.165, 1.54) is 19.4 Å². The first-order valence-electron chi connectivity index (χ1n) is 5.96. The third kappa shape index (κ3) is 3.15. The fourth-order valence-corrected chi connectivity index (χ4v) is 3.07. The van der Waals surface area contributed by atoms with Crippen LogP contribution in [0.2, 0.25) is 0 Å². The molecule has 4 nitrogen and oxygen atoms in total. The SMILES string of the molecule is CNC(c1cc(Br)c(F)cc1OC)C(C)(C)S(C)(=O)=O. The molecule has 0 spiro atoms. The van der Waals surface area contributed by atoms with Crippen molar-refractivity contribution in [1.82, 2.24) is 5.32 Å². The van der Waals surface area contributed by atoms with Crippen LogP contribution in [-0.4, -0.2) is 33.6 Å². The van der Waals surface area contributed by atoms with E-state index in [1.54, 1.807) is 27.0 Å². The molecule has 0 aliphatic rings. The maximum absolute atomic E-state index is 13.6. The molecule has 114 valence electrons. The van der Waals surface area contributed by atoms with Gasteiger partial charge in [0.1, 0.15) is 11.6 Å². The van der Waals surface area contributed by atoms with Crippen LogP contribution in [-0.2, 0) is 9.84 Å². The van der Waals surface area contributed by atoms with Crippen LogP contribution >= 0.6 is 15.9 Å². The molecule has 1 rings (SSSR count). The van der Waals surface area contributed by atoms with E-state index in [4.69, 9.17) is 4.74 Å². The third-order valence-corrected chi connectivity index (χ3v) is 6.28. The first-order chi connectivity index (χ1) is 9.06. The first-order valence-corrected chi connectivity index (χ1v) is 8.64. The number of sulfone groups is 1. The van der Waals surface area contributed by atoms with E-state index in [9.17, 15) is 12.8 Å². The molecule has 0 heterocycles. The fourth-order valence-electron chi connectivity index (χ4n) is 2.04. The molecule has 0 radical (unpaired) electrons. The van der Waals surface area contributed by atoms with Gasteiger partial charge in [0.15, 0.2) is 9.84 Å². The van der Waals surface area contributed by atoms with Crippen LogP contribution in [0.1, 0.15) is 25.5 Å². The van der Waals surface area contributed by atoms with E-state index in [1.807, 2.05) is 0 Å². The van der Waals surface area contributed by atoms with Crippen molar-refractivity contribution >= 4 is 25.8 Å². The summed E-state index contributed by atoms with van der Waals surface area (Å²) in [6.07, 6.45) is 1.18. The molecule has 0 aliphatic heterocycles. The van der Waals surface area contributed by atoms with E-state index in [0.29, 0.717) is 11.3 Å². The Kier molecular flexibility index (Phi) is 5.21. The summed E-state index contributed by atoms with van der Waals surface area (Å²) in [7, 11) is -0.253. The minimum Gasteiger partial charge on any atom is -0.496 e. The summed E-state index contributed by atoms with van der Waals surface area (Å²) in [6.45, 7) is 3.25.